The summed E-state index contributed by atoms with van der Waals surface area (Å²) in [5, 5.41) is 19.1. The van der Waals surface area contributed by atoms with Gasteiger partial charge in [0.05, 0.1) is 21.6 Å². The number of carboxylic acid groups (broad SMARTS) is 1. The molecule has 4 atom stereocenters. The Morgan fingerprint density at radius 1 is 1.55 bits per heavy atom. The van der Waals surface area contributed by atoms with Gasteiger partial charge in [-0.1, -0.05) is 0 Å². The zero-order chi connectivity index (χ0) is 15.2. The summed E-state index contributed by atoms with van der Waals surface area (Å²) in [6.07, 6.45) is -0.408. The molecule has 9 heteroatoms. The second-order valence-electron chi connectivity index (χ2n) is 5.16. The van der Waals surface area contributed by atoms with Gasteiger partial charge < -0.3 is 15.3 Å². The third-order valence-electron chi connectivity index (χ3n) is 3.54. The molecule has 2 rings (SSSR count). The fourth-order valence-corrected chi connectivity index (χ4v) is 4.51. The summed E-state index contributed by atoms with van der Waals surface area (Å²) in [5.74, 6) is -2.44. The standard InChI is InChI=1S/C11H13N3O5S/c1-11(2)7(10(17)18)14-8(16)6(9(14)20(11)19)13-5(15)3-4-12/h6-7,9H,3H2,1-2H3,(H,13,15)(H,17,18)/t6-,7+,9-,20-/m1/s1. The fraction of sp³-hybridized carbons (Fsp3) is 0.636. The fourth-order valence-electron chi connectivity index (χ4n) is 2.59. The maximum Gasteiger partial charge on any atom is 0.328 e. The Morgan fingerprint density at radius 3 is 2.65 bits per heavy atom. The monoisotopic (exact) mass is 299 g/mol. The van der Waals surface area contributed by atoms with Crippen molar-refractivity contribution in [2.75, 3.05) is 0 Å². The molecule has 2 N–H and O–H groups in total. The molecule has 0 bridgehead atoms. The highest BCUT2D eigenvalue weighted by Gasteiger charge is 2.68. The van der Waals surface area contributed by atoms with Gasteiger partial charge in [0.15, 0.2) is 0 Å². The first-order chi connectivity index (χ1) is 9.23. The van der Waals surface area contributed by atoms with Gasteiger partial charge in [-0.25, -0.2) is 4.79 Å². The first kappa shape index (κ1) is 14.5. The van der Waals surface area contributed by atoms with E-state index in [1.807, 2.05) is 0 Å². The van der Waals surface area contributed by atoms with Crippen molar-refractivity contribution >= 4 is 28.6 Å². The van der Waals surface area contributed by atoms with Gasteiger partial charge in [0, 0.05) is 0 Å². The maximum absolute atomic E-state index is 12.3. The van der Waals surface area contributed by atoms with Crippen LogP contribution in [0.1, 0.15) is 20.3 Å². The van der Waals surface area contributed by atoms with Gasteiger partial charge in [0.1, 0.15) is 23.9 Å². The normalized spacial score (nSPS) is 33.9. The van der Waals surface area contributed by atoms with Crippen LogP contribution in [0.5, 0.6) is 0 Å². The first-order valence-electron chi connectivity index (χ1n) is 5.85. The van der Waals surface area contributed by atoms with Crippen LogP contribution in [0.2, 0.25) is 0 Å². The molecule has 2 fully saturated rings. The van der Waals surface area contributed by atoms with E-state index in [2.05, 4.69) is 5.32 Å². The van der Waals surface area contributed by atoms with Crippen molar-refractivity contribution in [3.05, 3.63) is 0 Å². The summed E-state index contributed by atoms with van der Waals surface area (Å²) in [6, 6.07) is -0.546. The van der Waals surface area contributed by atoms with Crippen LogP contribution in [-0.4, -0.2) is 54.2 Å². The lowest BCUT2D eigenvalue weighted by Gasteiger charge is -2.42. The van der Waals surface area contributed by atoms with Gasteiger partial charge in [-0.3, -0.25) is 13.8 Å². The SMILES string of the molecule is CC1(C)[C@H](C(=O)O)N2C(=O)[C@@H](NC(=O)CC#N)[C@H]2[S@]1=O. The number of aliphatic carboxylic acids is 1. The molecule has 0 spiro atoms. The summed E-state index contributed by atoms with van der Waals surface area (Å²) < 4.78 is 11.2. The summed E-state index contributed by atoms with van der Waals surface area (Å²) in [6.45, 7) is 3.03. The Morgan fingerprint density at radius 2 is 2.15 bits per heavy atom. The molecule has 8 nitrogen and oxygen atoms in total. The Hall–Kier alpha value is -1.95. The van der Waals surface area contributed by atoms with Crippen molar-refractivity contribution in [3.63, 3.8) is 0 Å². The second kappa shape index (κ2) is 4.56. The molecule has 20 heavy (non-hydrogen) atoms. The lowest BCUT2D eigenvalue weighted by Crippen LogP contribution is -2.71. The zero-order valence-corrected chi connectivity index (χ0v) is 11.6. The molecule has 2 aliphatic heterocycles. The van der Waals surface area contributed by atoms with E-state index in [9.17, 15) is 23.7 Å². The number of carbonyl (C=O) groups excluding carboxylic acids is 2. The van der Waals surface area contributed by atoms with E-state index in [0.717, 1.165) is 4.90 Å². The maximum atomic E-state index is 12.3. The number of rotatable bonds is 3. The highest BCUT2D eigenvalue weighted by atomic mass is 32.2. The number of hydrogen-bond acceptors (Lipinski definition) is 5. The third-order valence-corrected chi connectivity index (χ3v) is 5.74. The minimum atomic E-state index is -1.62. The predicted octanol–water partition coefficient (Wildman–Crippen LogP) is -1.45. The molecule has 0 aromatic carbocycles. The van der Waals surface area contributed by atoms with Crippen LogP contribution in [0.4, 0.5) is 0 Å². The van der Waals surface area contributed by atoms with E-state index in [0.29, 0.717) is 0 Å². The van der Waals surface area contributed by atoms with E-state index in [4.69, 9.17) is 5.26 Å². The minimum Gasteiger partial charge on any atom is -0.480 e. The number of carboxylic acids is 1. The van der Waals surface area contributed by atoms with Crippen LogP contribution in [0.3, 0.4) is 0 Å². The number of nitrogens with zero attached hydrogens (tertiary/aromatic N) is 2. The van der Waals surface area contributed by atoms with Crippen LogP contribution in [-0.2, 0) is 25.2 Å². The van der Waals surface area contributed by atoms with Crippen LogP contribution >= 0.6 is 0 Å². The van der Waals surface area contributed by atoms with Crippen LogP contribution in [0.15, 0.2) is 0 Å². The van der Waals surface area contributed by atoms with Crippen molar-refractivity contribution in [2.45, 2.75) is 42.5 Å². The van der Waals surface area contributed by atoms with Gasteiger partial charge in [-0.2, -0.15) is 5.26 Å². The molecular weight excluding hydrogens is 286 g/mol. The zero-order valence-electron chi connectivity index (χ0n) is 10.8. The van der Waals surface area contributed by atoms with E-state index in [-0.39, 0.29) is 0 Å². The summed E-state index contributed by atoms with van der Waals surface area (Å²) in [7, 11) is -1.62. The highest BCUT2D eigenvalue weighted by molar-refractivity contribution is 7.87. The molecule has 2 saturated heterocycles. The molecule has 0 aromatic heterocycles. The molecule has 0 aromatic rings. The van der Waals surface area contributed by atoms with Gasteiger partial charge in [0.2, 0.25) is 11.8 Å². The average Bonchev–Trinajstić information content (AvgIpc) is 2.53. The Balaban J connectivity index is 2.25. The van der Waals surface area contributed by atoms with Gasteiger partial charge in [0.25, 0.3) is 0 Å². The van der Waals surface area contributed by atoms with Crippen molar-refractivity contribution in [2.24, 2.45) is 0 Å². The summed E-state index contributed by atoms with van der Waals surface area (Å²) >= 11 is 0. The number of carbonyl (C=O) groups is 3. The minimum absolute atomic E-state index is 0.408. The van der Waals surface area contributed by atoms with Crippen molar-refractivity contribution in [1.29, 1.82) is 5.26 Å². The van der Waals surface area contributed by atoms with E-state index >= 15 is 0 Å². The van der Waals surface area contributed by atoms with Crippen LogP contribution < -0.4 is 5.32 Å². The Bertz CT molecular complexity index is 567. The van der Waals surface area contributed by atoms with Crippen molar-refractivity contribution < 1.29 is 23.7 Å². The summed E-state index contributed by atoms with van der Waals surface area (Å²) in [4.78, 5) is 35.6. The smallest absolute Gasteiger partial charge is 0.328 e. The van der Waals surface area contributed by atoms with Crippen LogP contribution in [0, 0.1) is 11.3 Å². The lowest BCUT2D eigenvalue weighted by molar-refractivity contribution is -0.161. The van der Waals surface area contributed by atoms with Gasteiger partial charge in [-0.15, -0.1) is 0 Å². The highest BCUT2D eigenvalue weighted by Crippen LogP contribution is 2.43. The van der Waals surface area contributed by atoms with Crippen LogP contribution in [0.25, 0.3) is 0 Å². The molecule has 2 heterocycles. The number of β-lactam (4-membered cyclic amide) rings is 1. The largest absolute Gasteiger partial charge is 0.480 e. The van der Waals surface area contributed by atoms with Gasteiger partial charge >= 0.3 is 5.97 Å². The Labute approximate surface area is 117 Å². The predicted molar refractivity (Wildman–Crippen MR) is 66.4 cm³/mol. The van der Waals surface area contributed by atoms with E-state index in [1.54, 1.807) is 6.07 Å². The molecule has 0 unspecified atom stereocenters. The third kappa shape index (κ3) is 1.79. The second-order valence-corrected chi connectivity index (χ2v) is 7.29. The van der Waals surface area contributed by atoms with Gasteiger partial charge in [-0.05, 0) is 13.8 Å². The molecule has 0 radical (unpaired) electrons. The number of fused-ring (bicyclic) bond motifs is 1. The van der Waals surface area contributed by atoms with Crippen molar-refractivity contribution in [1.82, 2.24) is 10.2 Å². The molecular formula is C11H13N3O5S. The Kier molecular flexibility index (Phi) is 3.29. The molecule has 0 saturated carbocycles. The average molecular weight is 299 g/mol. The molecule has 0 aliphatic carbocycles. The van der Waals surface area contributed by atoms with E-state index in [1.165, 1.54) is 13.8 Å². The molecule has 2 aliphatic rings. The summed E-state index contributed by atoms with van der Waals surface area (Å²) in [5.41, 5.74) is 0. The topological polar surface area (TPSA) is 128 Å². The number of amides is 2. The quantitative estimate of drug-likeness (QED) is 0.613. The number of nitrogens with one attached hydrogen (secondary N) is 1. The number of hydrogen-bond donors (Lipinski definition) is 2. The van der Waals surface area contributed by atoms with Crippen molar-refractivity contribution in [3.8, 4) is 6.07 Å². The lowest BCUT2D eigenvalue weighted by atomic mass is 9.96. The van der Waals surface area contributed by atoms with E-state index < -0.39 is 57.2 Å². The number of nitriles is 1. The molecule has 108 valence electrons. The molecule has 2 amide bonds. The first-order valence-corrected chi connectivity index (χ1v) is 7.06.